The zero-order valence-electron chi connectivity index (χ0n) is 10.5. The van der Waals surface area contributed by atoms with Gasteiger partial charge < -0.3 is 5.73 Å². The molecule has 0 saturated carbocycles. The van der Waals surface area contributed by atoms with Crippen LogP contribution in [0.25, 0.3) is 11.1 Å². The molecule has 1 aliphatic rings. The Morgan fingerprint density at radius 3 is 2.94 bits per heavy atom. The summed E-state index contributed by atoms with van der Waals surface area (Å²) >= 11 is 0. The predicted molar refractivity (Wildman–Crippen MR) is 74.4 cm³/mol. The minimum Gasteiger partial charge on any atom is -0.330 e. The topological polar surface area (TPSA) is 38.9 Å². The highest BCUT2D eigenvalue weighted by atomic mass is 14.6. The number of hydrogen-bond donors (Lipinski definition) is 1. The molecule has 0 spiro atoms. The minimum absolute atomic E-state index is 0.505. The smallest absolute Gasteiger partial charge is 0.0346 e. The number of nitrogens with two attached hydrogens (primary N) is 1. The summed E-state index contributed by atoms with van der Waals surface area (Å²) in [6.07, 6.45) is 7.41. The van der Waals surface area contributed by atoms with Crippen molar-refractivity contribution >= 4 is 0 Å². The standard InChI is InChI=1S/C16H18N2/c17-10-13-6-1-4-12-5-2-8-15(16(12)13)14-7-3-9-18-11-14/h2-3,5,7-9,11,13H,1,4,6,10,17H2. The van der Waals surface area contributed by atoms with Crippen LogP contribution >= 0.6 is 0 Å². The summed E-state index contributed by atoms with van der Waals surface area (Å²) in [5, 5.41) is 0. The van der Waals surface area contributed by atoms with Crippen LogP contribution in [-0.2, 0) is 6.42 Å². The summed E-state index contributed by atoms with van der Waals surface area (Å²) in [4.78, 5) is 4.23. The summed E-state index contributed by atoms with van der Waals surface area (Å²) < 4.78 is 0. The van der Waals surface area contributed by atoms with E-state index in [0.717, 1.165) is 6.54 Å². The van der Waals surface area contributed by atoms with Crippen molar-refractivity contribution in [2.75, 3.05) is 6.54 Å². The molecule has 0 saturated heterocycles. The lowest BCUT2D eigenvalue weighted by molar-refractivity contribution is 0.562. The number of nitrogens with zero attached hydrogens (tertiary/aromatic N) is 1. The molecule has 0 radical (unpaired) electrons. The Hall–Kier alpha value is -1.67. The van der Waals surface area contributed by atoms with Gasteiger partial charge in [-0.05, 0) is 54.5 Å². The van der Waals surface area contributed by atoms with Gasteiger partial charge in [0.25, 0.3) is 0 Å². The highest BCUT2D eigenvalue weighted by Crippen LogP contribution is 2.37. The Labute approximate surface area is 108 Å². The molecule has 0 amide bonds. The zero-order chi connectivity index (χ0) is 12.4. The van der Waals surface area contributed by atoms with Crippen molar-refractivity contribution in [3.63, 3.8) is 0 Å². The number of fused-ring (bicyclic) bond motifs is 1. The second-order valence-electron chi connectivity index (χ2n) is 4.94. The van der Waals surface area contributed by atoms with Gasteiger partial charge in [-0.1, -0.05) is 24.3 Å². The van der Waals surface area contributed by atoms with Gasteiger partial charge in [0.1, 0.15) is 0 Å². The van der Waals surface area contributed by atoms with Crippen molar-refractivity contribution in [1.82, 2.24) is 4.98 Å². The maximum absolute atomic E-state index is 5.95. The van der Waals surface area contributed by atoms with Crippen molar-refractivity contribution in [3.05, 3.63) is 53.9 Å². The molecule has 1 heterocycles. The van der Waals surface area contributed by atoms with Crippen LogP contribution in [0.2, 0.25) is 0 Å². The molecule has 1 aromatic carbocycles. The quantitative estimate of drug-likeness (QED) is 0.873. The van der Waals surface area contributed by atoms with Crippen molar-refractivity contribution in [2.45, 2.75) is 25.2 Å². The predicted octanol–water partition coefficient (Wildman–Crippen LogP) is 3.13. The summed E-state index contributed by atoms with van der Waals surface area (Å²) in [7, 11) is 0. The fourth-order valence-corrected chi connectivity index (χ4v) is 3.01. The maximum Gasteiger partial charge on any atom is 0.0346 e. The van der Waals surface area contributed by atoms with Crippen LogP contribution in [-0.4, -0.2) is 11.5 Å². The van der Waals surface area contributed by atoms with Crippen LogP contribution in [0.5, 0.6) is 0 Å². The number of hydrogen-bond acceptors (Lipinski definition) is 2. The fraction of sp³-hybridized carbons (Fsp3) is 0.312. The molecule has 0 bridgehead atoms. The van der Waals surface area contributed by atoms with Crippen molar-refractivity contribution < 1.29 is 0 Å². The van der Waals surface area contributed by atoms with Crippen LogP contribution in [0, 0.1) is 0 Å². The van der Waals surface area contributed by atoms with E-state index in [0.29, 0.717) is 5.92 Å². The third-order valence-electron chi connectivity index (χ3n) is 3.86. The van der Waals surface area contributed by atoms with Crippen LogP contribution in [0.15, 0.2) is 42.7 Å². The van der Waals surface area contributed by atoms with Gasteiger partial charge in [-0.15, -0.1) is 0 Å². The van der Waals surface area contributed by atoms with Gasteiger partial charge in [0, 0.05) is 18.0 Å². The number of rotatable bonds is 2. The molecule has 2 nitrogen and oxygen atoms in total. The van der Waals surface area contributed by atoms with E-state index < -0.39 is 0 Å². The lowest BCUT2D eigenvalue weighted by Gasteiger charge is -2.27. The molecule has 1 atom stereocenters. The molecule has 0 aliphatic heterocycles. The lowest BCUT2D eigenvalue weighted by atomic mass is 9.79. The maximum atomic E-state index is 5.95. The molecule has 1 unspecified atom stereocenters. The van der Waals surface area contributed by atoms with Crippen LogP contribution < -0.4 is 5.73 Å². The average Bonchev–Trinajstić information content (AvgIpc) is 2.47. The van der Waals surface area contributed by atoms with E-state index in [4.69, 9.17) is 5.73 Å². The summed E-state index contributed by atoms with van der Waals surface area (Å²) in [5.74, 6) is 0.505. The largest absolute Gasteiger partial charge is 0.330 e. The van der Waals surface area contributed by atoms with Crippen LogP contribution in [0.3, 0.4) is 0 Å². The molecule has 3 rings (SSSR count). The summed E-state index contributed by atoms with van der Waals surface area (Å²) in [6.45, 7) is 0.740. The Kier molecular flexibility index (Phi) is 3.11. The van der Waals surface area contributed by atoms with E-state index in [1.807, 2.05) is 18.5 Å². The molecule has 2 N–H and O–H groups in total. The Morgan fingerprint density at radius 1 is 1.22 bits per heavy atom. The molecule has 1 aromatic heterocycles. The monoisotopic (exact) mass is 238 g/mol. The molecule has 1 aliphatic carbocycles. The Morgan fingerprint density at radius 2 is 2.17 bits per heavy atom. The van der Waals surface area contributed by atoms with Gasteiger partial charge in [0.15, 0.2) is 0 Å². The number of aryl methyl sites for hydroxylation is 1. The first-order valence-corrected chi connectivity index (χ1v) is 6.62. The highest BCUT2D eigenvalue weighted by molar-refractivity contribution is 5.69. The van der Waals surface area contributed by atoms with Gasteiger partial charge in [0.2, 0.25) is 0 Å². The van der Waals surface area contributed by atoms with E-state index in [9.17, 15) is 0 Å². The van der Waals surface area contributed by atoms with Crippen molar-refractivity contribution in [2.24, 2.45) is 5.73 Å². The summed E-state index contributed by atoms with van der Waals surface area (Å²) in [6, 6.07) is 10.7. The average molecular weight is 238 g/mol. The fourth-order valence-electron chi connectivity index (χ4n) is 3.01. The molecular formula is C16H18N2. The van der Waals surface area contributed by atoms with E-state index in [1.165, 1.54) is 41.5 Å². The third kappa shape index (κ3) is 1.93. The minimum atomic E-state index is 0.505. The number of pyridine rings is 1. The second-order valence-corrected chi connectivity index (χ2v) is 4.94. The molecule has 0 fully saturated rings. The molecule has 2 heteroatoms. The highest BCUT2D eigenvalue weighted by Gasteiger charge is 2.22. The molecular weight excluding hydrogens is 220 g/mol. The first-order valence-electron chi connectivity index (χ1n) is 6.62. The van der Waals surface area contributed by atoms with Gasteiger partial charge in [-0.2, -0.15) is 0 Å². The van der Waals surface area contributed by atoms with Crippen molar-refractivity contribution in [1.29, 1.82) is 0 Å². The Bertz CT molecular complexity index is 534. The first-order chi connectivity index (χ1) is 8.90. The number of aromatic nitrogens is 1. The first kappa shape index (κ1) is 11.4. The van der Waals surface area contributed by atoms with Gasteiger partial charge in [0.05, 0.1) is 0 Å². The zero-order valence-corrected chi connectivity index (χ0v) is 10.5. The normalized spacial score (nSPS) is 18.4. The van der Waals surface area contributed by atoms with Crippen LogP contribution in [0.1, 0.15) is 29.9 Å². The van der Waals surface area contributed by atoms with E-state index >= 15 is 0 Å². The van der Waals surface area contributed by atoms with E-state index in [-0.39, 0.29) is 0 Å². The molecule has 18 heavy (non-hydrogen) atoms. The SMILES string of the molecule is NCC1CCCc2cccc(-c3cccnc3)c21. The van der Waals surface area contributed by atoms with E-state index in [2.05, 4.69) is 29.2 Å². The lowest BCUT2D eigenvalue weighted by Crippen LogP contribution is -2.19. The molecule has 2 aromatic rings. The third-order valence-corrected chi connectivity index (χ3v) is 3.86. The Balaban J connectivity index is 2.16. The second kappa shape index (κ2) is 4.91. The van der Waals surface area contributed by atoms with Crippen molar-refractivity contribution in [3.8, 4) is 11.1 Å². The van der Waals surface area contributed by atoms with Gasteiger partial charge in [-0.3, -0.25) is 4.98 Å². The van der Waals surface area contributed by atoms with E-state index in [1.54, 1.807) is 0 Å². The van der Waals surface area contributed by atoms with Gasteiger partial charge in [-0.25, -0.2) is 0 Å². The molecule has 92 valence electrons. The van der Waals surface area contributed by atoms with Gasteiger partial charge >= 0.3 is 0 Å². The number of benzene rings is 1. The summed E-state index contributed by atoms with van der Waals surface area (Å²) in [5.41, 5.74) is 11.4. The van der Waals surface area contributed by atoms with Crippen LogP contribution in [0.4, 0.5) is 0 Å².